The molecule has 8 heteroatoms. The minimum absolute atomic E-state index is 0.0191. The lowest BCUT2D eigenvalue weighted by Crippen LogP contribution is -2.30. The van der Waals surface area contributed by atoms with E-state index in [1.54, 1.807) is 6.33 Å². The van der Waals surface area contributed by atoms with E-state index in [9.17, 15) is 0 Å². The van der Waals surface area contributed by atoms with Gasteiger partial charge in [0.1, 0.15) is 6.23 Å². The van der Waals surface area contributed by atoms with Crippen LogP contribution in [0.15, 0.2) is 6.33 Å². The SMILES string of the molecule is CC(Nc1nc(Cl)nc2c1ncn2C1CCCO1)C1CCCO1. The van der Waals surface area contributed by atoms with Crippen LogP contribution in [-0.4, -0.2) is 44.9 Å². The third kappa shape index (κ3) is 2.88. The Labute approximate surface area is 139 Å². The molecule has 0 saturated carbocycles. The highest BCUT2D eigenvalue weighted by Gasteiger charge is 2.25. The summed E-state index contributed by atoms with van der Waals surface area (Å²) in [4.78, 5) is 13.2. The normalized spacial score (nSPS) is 26.0. The molecule has 2 aliphatic rings. The first-order valence-corrected chi connectivity index (χ1v) is 8.50. The van der Waals surface area contributed by atoms with Crippen molar-refractivity contribution in [1.82, 2.24) is 19.5 Å². The summed E-state index contributed by atoms with van der Waals surface area (Å²) in [5, 5.41) is 3.60. The lowest BCUT2D eigenvalue weighted by molar-refractivity contribution is 0.0593. The average molecular weight is 338 g/mol. The number of rotatable bonds is 4. The van der Waals surface area contributed by atoms with Crippen molar-refractivity contribution in [2.24, 2.45) is 0 Å². The minimum Gasteiger partial charge on any atom is -0.376 e. The number of fused-ring (bicyclic) bond motifs is 1. The molecule has 0 bridgehead atoms. The van der Waals surface area contributed by atoms with E-state index in [2.05, 4.69) is 27.2 Å². The Kier molecular flexibility index (Phi) is 4.09. The molecule has 4 heterocycles. The Balaban J connectivity index is 1.66. The van der Waals surface area contributed by atoms with Crippen molar-refractivity contribution in [2.75, 3.05) is 18.5 Å². The number of nitrogens with one attached hydrogen (secondary N) is 1. The van der Waals surface area contributed by atoms with Gasteiger partial charge in [0.05, 0.1) is 18.5 Å². The Morgan fingerprint density at radius 3 is 2.83 bits per heavy atom. The summed E-state index contributed by atoms with van der Waals surface area (Å²) in [7, 11) is 0. The number of nitrogens with zero attached hydrogens (tertiary/aromatic N) is 4. The molecule has 0 aliphatic carbocycles. The molecule has 2 aromatic rings. The van der Waals surface area contributed by atoms with Gasteiger partial charge in [-0.05, 0) is 44.2 Å². The molecule has 7 nitrogen and oxygen atoms in total. The molecular weight excluding hydrogens is 318 g/mol. The predicted molar refractivity (Wildman–Crippen MR) is 86.6 cm³/mol. The Morgan fingerprint density at radius 1 is 1.26 bits per heavy atom. The maximum atomic E-state index is 6.13. The van der Waals surface area contributed by atoms with Gasteiger partial charge in [-0.1, -0.05) is 0 Å². The number of hydrogen-bond acceptors (Lipinski definition) is 6. The second-order valence-corrected chi connectivity index (χ2v) is 6.46. The van der Waals surface area contributed by atoms with Crippen molar-refractivity contribution in [2.45, 2.75) is 51.0 Å². The fourth-order valence-electron chi connectivity index (χ4n) is 3.29. The summed E-state index contributed by atoms with van der Waals surface area (Å²) in [6, 6.07) is 0.138. The molecule has 2 saturated heterocycles. The molecular formula is C15H20ClN5O2. The highest BCUT2D eigenvalue weighted by molar-refractivity contribution is 6.28. The second-order valence-electron chi connectivity index (χ2n) is 6.12. The summed E-state index contributed by atoms with van der Waals surface area (Å²) in [6.07, 6.45) is 6.10. The fraction of sp³-hybridized carbons (Fsp3) is 0.667. The van der Waals surface area contributed by atoms with E-state index in [-0.39, 0.29) is 23.7 Å². The topological polar surface area (TPSA) is 74.1 Å². The first-order valence-electron chi connectivity index (χ1n) is 8.12. The average Bonchev–Trinajstić information content (AvgIpc) is 3.27. The van der Waals surface area contributed by atoms with Crippen LogP contribution in [0.5, 0.6) is 0 Å². The largest absolute Gasteiger partial charge is 0.376 e. The maximum Gasteiger partial charge on any atom is 0.226 e. The molecule has 2 aromatic heterocycles. The van der Waals surface area contributed by atoms with Gasteiger partial charge in [0.25, 0.3) is 0 Å². The summed E-state index contributed by atoms with van der Waals surface area (Å²) < 4.78 is 13.4. The van der Waals surface area contributed by atoms with Gasteiger partial charge in [0.2, 0.25) is 5.28 Å². The molecule has 2 aliphatic heterocycles. The van der Waals surface area contributed by atoms with Gasteiger partial charge in [-0.15, -0.1) is 0 Å². The maximum absolute atomic E-state index is 6.13. The van der Waals surface area contributed by atoms with Gasteiger partial charge < -0.3 is 14.8 Å². The van der Waals surface area contributed by atoms with Crippen LogP contribution in [0.2, 0.25) is 5.28 Å². The quantitative estimate of drug-likeness (QED) is 0.865. The third-order valence-electron chi connectivity index (χ3n) is 4.50. The summed E-state index contributed by atoms with van der Waals surface area (Å²) in [5.41, 5.74) is 1.42. The van der Waals surface area contributed by atoms with Gasteiger partial charge in [-0.2, -0.15) is 9.97 Å². The lowest BCUT2D eigenvalue weighted by atomic mass is 10.1. The molecule has 23 heavy (non-hydrogen) atoms. The molecule has 2 fully saturated rings. The highest BCUT2D eigenvalue weighted by atomic mass is 35.5. The van der Waals surface area contributed by atoms with Crippen LogP contribution in [0.1, 0.15) is 38.8 Å². The van der Waals surface area contributed by atoms with Crippen LogP contribution in [0, 0.1) is 0 Å². The molecule has 3 unspecified atom stereocenters. The zero-order valence-corrected chi connectivity index (χ0v) is 13.8. The van der Waals surface area contributed by atoms with Gasteiger partial charge in [0.15, 0.2) is 17.0 Å². The zero-order chi connectivity index (χ0) is 15.8. The Morgan fingerprint density at radius 2 is 2.09 bits per heavy atom. The van der Waals surface area contributed by atoms with E-state index < -0.39 is 0 Å². The summed E-state index contributed by atoms with van der Waals surface area (Å²) in [5.74, 6) is 0.653. The predicted octanol–water partition coefficient (Wildman–Crippen LogP) is 2.77. The number of aromatic nitrogens is 4. The van der Waals surface area contributed by atoms with Crippen molar-refractivity contribution < 1.29 is 9.47 Å². The van der Waals surface area contributed by atoms with Gasteiger partial charge in [-0.3, -0.25) is 4.57 Å². The summed E-state index contributed by atoms with van der Waals surface area (Å²) >= 11 is 6.13. The molecule has 124 valence electrons. The van der Waals surface area contributed by atoms with E-state index in [1.807, 2.05) is 4.57 Å². The van der Waals surface area contributed by atoms with Gasteiger partial charge >= 0.3 is 0 Å². The molecule has 4 rings (SSSR count). The van der Waals surface area contributed by atoms with Gasteiger partial charge in [-0.25, -0.2) is 4.98 Å². The molecule has 3 atom stereocenters. The fourth-order valence-corrected chi connectivity index (χ4v) is 3.45. The van der Waals surface area contributed by atoms with Crippen molar-refractivity contribution in [3.8, 4) is 0 Å². The van der Waals surface area contributed by atoms with Crippen molar-refractivity contribution in [3.63, 3.8) is 0 Å². The lowest BCUT2D eigenvalue weighted by Gasteiger charge is -2.20. The van der Waals surface area contributed by atoms with Crippen molar-refractivity contribution >= 4 is 28.6 Å². The molecule has 1 N–H and O–H groups in total. The van der Waals surface area contributed by atoms with Gasteiger partial charge in [0, 0.05) is 13.2 Å². The highest BCUT2D eigenvalue weighted by Crippen LogP contribution is 2.29. The van der Waals surface area contributed by atoms with Crippen LogP contribution >= 0.6 is 11.6 Å². The number of halogens is 1. The summed E-state index contributed by atoms with van der Waals surface area (Å²) in [6.45, 7) is 3.68. The van der Waals surface area contributed by atoms with Crippen LogP contribution in [0.25, 0.3) is 11.2 Å². The van der Waals surface area contributed by atoms with Crippen LogP contribution in [0.4, 0.5) is 5.82 Å². The standard InChI is InChI=1S/C15H20ClN5O2/c1-9(10-4-2-6-22-10)18-13-12-14(20-15(16)19-13)21(8-17-12)11-5-3-7-23-11/h8-11H,2-7H2,1H3,(H,18,19,20). The van der Waals surface area contributed by atoms with E-state index >= 15 is 0 Å². The first-order chi connectivity index (χ1) is 11.2. The van der Waals surface area contributed by atoms with E-state index in [4.69, 9.17) is 21.1 Å². The Hall–Kier alpha value is -1.44. The zero-order valence-electron chi connectivity index (χ0n) is 13.0. The minimum atomic E-state index is -0.0191. The Bertz CT molecular complexity index is 694. The monoisotopic (exact) mass is 337 g/mol. The molecule has 0 radical (unpaired) electrons. The number of hydrogen-bond donors (Lipinski definition) is 1. The van der Waals surface area contributed by atoms with Crippen LogP contribution in [0.3, 0.4) is 0 Å². The number of imidazole rings is 1. The smallest absolute Gasteiger partial charge is 0.226 e. The number of ether oxygens (including phenoxy) is 2. The number of anilines is 1. The second kappa shape index (κ2) is 6.22. The molecule has 0 amide bonds. The van der Waals surface area contributed by atoms with Crippen LogP contribution < -0.4 is 5.32 Å². The van der Waals surface area contributed by atoms with Crippen LogP contribution in [-0.2, 0) is 9.47 Å². The first kappa shape index (κ1) is 15.1. The van der Waals surface area contributed by atoms with Crippen molar-refractivity contribution in [1.29, 1.82) is 0 Å². The van der Waals surface area contributed by atoms with E-state index in [0.29, 0.717) is 11.5 Å². The van der Waals surface area contributed by atoms with E-state index in [0.717, 1.165) is 44.4 Å². The van der Waals surface area contributed by atoms with Crippen molar-refractivity contribution in [3.05, 3.63) is 11.6 Å². The molecule has 0 aromatic carbocycles. The van der Waals surface area contributed by atoms with E-state index in [1.165, 1.54) is 0 Å². The third-order valence-corrected chi connectivity index (χ3v) is 4.67. The molecule has 0 spiro atoms.